The average Bonchev–Trinajstić information content (AvgIpc) is 2.86. The maximum Gasteiger partial charge on any atom is 0.338 e. The molecule has 0 bridgehead atoms. The van der Waals surface area contributed by atoms with Gasteiger partial charge in [0.25, 0.3) is 0 Å². The zero-order valence-electron chi connectivity index (χ0n) is 13.6. The van der Waals surface area contributed by atoms with Crippen molar-refractivity contribution in [3.05, 3.63) is 29.8 Å². The summed E-state index contributed by atoms with van der Waals surface area (Å²) in [4.78, 5) is 25.4. The molecule has 8 heteroatoms. The van der Waals surface area contributed by atoms with Crippen molar-refractivity contribution in [1.29, 1.82) is 0 Å². The van der Waals surface area contributed by atoms with Crippen LogP contribution in [0.1, 0.15) is 36.5 Å². The summed E-state index contributed by atoms with van der Waals surface area (Å²) >= 11 is 0. The van der Waals surface area contributed by atoms with E-state index in [1.807, 2.05) is 6.92 Å². The number of nitrogens with zero attached hydrogens (tertiary/aromatic N) is 1. The van der Waals surface area contributed by atoms with E-state index in [4.69, 9.17) is 9.88 Å². The molecule has 1 amide bonds. The molecule has 24 heavy (non-hydrogen) atoms. The Hall–Kier alpha value is -1.93. The van der Waals surface area contributed by atoms with Gasteiger partial charge in [0.15, 0.2) is 0 Å². The lowest BCUT2D eigenvalue weighted by molar-refractivity contribution is -0.117. The molecule has 1 aliphatic heterocycles. The molecule has 7 nitrogen and oxygen atoms in total. The van der Waals surface area contributed by atoms with Crippen molar-refractivity contribution in [1.82, 2.24) is 0 Å². The number of benzene rings is 1. The number of carbonyl (C=O) groups is 2. The van der Waals surface area contributed by atoms with E-state index in [1.54, 1.807) is 24.3 Å². The SMILES string of the molecule is CCCCOC(=O)c1ccc(N2CC(CS(N)(=O)=O)CC2=O)cc1. The Balaban J connectivity index is 2.00. The Morgan fingerprint density at radius 1 is 1.33 bits per heavy atom. The Bertz CT molecular complexity index is 700. The van der Waals surface area contributed by atoms with Crippen LogP contribution in [0.25, 0.3) is 0 Å². The van der Waals surface area contributed by atoms with Crippen molar-refractivity contribution >= 4 is 27.6 Å². The molecule has 2 rings (SSSR count). The van der Waals surface area contributed by atoms with Crippen LogP contribution < -0.4 is 10.0 Å². The summed E-state index contributed by atoms with van der Waals surface area (Å²) in [6.07, 6.45) is 1.91. The lowest BCUT2D eigenvalue weighted by Crippen LogP contribution is -2.27. The van der Waals surface area contributed by atoms with E-state index in [1.165, 1.54) is 4.90 Å². The number of ether oxygens (including phenoxy) is 1. The molecule has 132 valence electrons. The van der Waals surface area contributed by atoms with Gasteiger partial charge in [-0.3, -0.25) is 4.79 Å². The molecular formula is C16H22N2O5S. The lowest BCUT2D eigenvalue weighted by atomic mass is 10.1. The number of carbonyl (C=O) groups excluding carboxylic acids is 2. The second kappa shape index (κ2) is 7.76. The number of sulfonamides is 1. The van der Waals surface area contributed by atoms with Crippen molar-refractivity contribution in [3.63, 3.8) is 0 Å². The summed E-state index contributed by atoms with van der Waals surface area (Å²) in [5.41, 5.74) is 1.05. The van der Waals surface area contributed by atoms with Crippen LogP contribution in [-0.2, 0) is 19.6 Å². The normalized spacial score (nSPS) is 18.0. The maximum absolute atomic E-state index is 12.1. The van der Waals surface area contributed by atoms with Gasteiger partial charge in [-0.2, -0.15) is 0 Å². The van der Waals surface area contributed by atoms with Gasteiger partial charge in [-0.25, -0.2) is 18.4 Å². The quantitative estimate of drug-likeness (QED) is 0.586. The van der Waals surface area contributed by atoms with Crippen LogP contribution >= 0.6 is 0 Å². The lowest BCUT2D eigenvalue weighted by Gasteiger charge is -2.17. The molecule has 0 radical (unpaired) electrons. The molecule has 1 fully saturated rings. The third kappa shape index (κ3) is 5.04. The summed E-state index contributed by atoms with van der Waals surface area (Å²) < 4.78 is 27.4. The summed E-state index contributed by atoms with van der Waals surface area (Å²) in [5, 5.41) is 5.04. The molecule has 0 aliphatic carbocycles. The van der Waals surface area contributed by atoms with Gasteiger partial charge in [-0.1, -0.05) is 13.3 Å². The molecule has 1 aromatic rings. The number of rotatable bonds is 7. The third-order valence-corrected chi connectivity index (χ3v) is 4.75. The fraction of sp³-hybridized carbons (Fsp3) is 0.500. The van der Waals surface area contributed by atoms with Crippen molar-refractivity contribution in [2.24, 2.45) is 11.1 Å². The predicted octanol–water partition coefficient (Wildman–Crippen LogP) is 1.28. The van der Waals surface area contributed by atoms with Crippen molar-refractivity contribution in [3.8, 4) is 0 Å². The van der Waals surface area contributed by atoms with Gasteiger partial charge < -0.3 is 9.64 Å². The van der Waals surface area contributed by atoms with E-state index < -0.39 is 16.0 Å². The minimum atomic E-state index is -3.61. The van der Waals surface area contributed by atoms with Crippen molar-refractivity contribution in [2.75, 3.05) is 23.8 Å². The zero-order valence-corrected chi connectivity index (χ0v) is 14.4. The van der Waals surface area contributed by atoms with Crippen molar-refractivity contribution in [2.45, 2.75) is 26.2 Å². The number of esters is 1. The van der Waals surface area contributed by atoms with E-state index in [0.29, 0.717) is 24.4 Å². The minimum Gasteiger partial charge on any atom is -0.462 e. The summed E-state index contributed by atoms with van der Waals surface area (Å²) in [7, 11) is -3.61. The van der Waals surface area contributed by atoms with Crippen LogP contribution in [0.15, 0.2) is 24.3 Å². The van der Waals surface area contributed by atoms with Gasteiger partial charge in [0.05, 0.1) is 17.9 Å². The van der Waals surface area contributed by atoms with Crippen molar-refractivity contribution < 1.29 is 22.7 Å². The van der Waals surface area contributed by atoms with Gasteiger partial charge >= 0.3 is 5.97 Å². The molecule has 1 heterocycles. The van der Waals surface area contributed by atoms with Gasteiger partial charge in [0.1, 0.15) is 0 Å². The molecule has 0 saturated carbocycles. The molecule has 1 unspecified atom stereocenters. The van der Waals surface area contributed by atoms with Gasteiger partial charge in [0.2, 0.25) is 15.9 Å². The Morgan fingerprint density at radius 3 is 2.58 bits per heavy atom. The van der Waals surface area contributed by atoms with E-state index in [0.717, 1.165) is 12.8 Å². The molecule has 1 aliphatic rings. The minimum absolute atomic E-state index is 0.150. The summed E-state index contributed by atoms with van der Waals surface area (Å²) in [6.45, 7) is 2.70. The zero-order chi connectivity index (χ0) is 17.7. The number of hydrogen-bond acceptors (Lipinski definition) is 5. The largest absolute Gasteiger partial charge is 0.462 e. The van der Waals surface area contributed by atoms with Crippen LogP contribution in [0, 0.1) is 5.92 Å². The smallest absolute Gasteiger partial charge is 0.338 e. The van der Waals surface area contributed by atoms with Gasteiger partial charge in [0, 0.05) is 24.6 Å². The molecule has 1 atom stereocenters. The fourth-order valence-electron chi connectivity index (χ4n) is 2.64. The maximum atomic E-state index is 12.1. The first-order chi connectivity index (χ1) is 11.3. The Morgan fingerprint density at radius 2 is 2.00 bits per heavy atom. The molecule has 1 saturated heterocycles. The van der Waals surface area contributed by atoms with E-state index in [-0.39, 0.29) is 24.0 Å². The van der Waals surface area contributed by atoms with E-state index >= 15 is 0 Å². The molecule has 0 spiro atoms. The topological polar surface area (TPSA) is 107 Å². The first-order valence-electron chi connectivity index (χ1n) is 7.88. The van der Waals surface area contributed by atoms with E-state index in [2.05, 4.69) is 0 Å². The highest BCUT2D eigenvalue weighted by Crippen LogP contribution is 2.26. The van der Waals surface area contributed by atoms with Crippen LogP contribution in [0.5, 0.6) is 0 Å². The van der Waals surface area contributed by atoms with Crippen LogP contribution in [0.4, 0.5) is 5.69 Å². The third-order valence-electron chi connectivity index (χ3n) is 3.82. The highest BCUT2D eigenvalue weighted by molar-refractivity contribution is 7.89. The highest BCUT2D eigenvalue weighted by atomic mass is 32.2. The molecular weight excluding hydrogens is 332 g/mol. The number of primary sulfonamides is 1. The number of hydrogen-bond donors (Lipinski definition) is 1. The number of amides is 1. The first-order valence-corrected chi connectivity index (χ1v) is 9.59. The predicted molar refractivity (Wildman–Crippen MR) is 90.1 cm³/mol. The van der Waals surface area contributed by atoms with Gasteiger partial charge in [-0.05, 0) is 30.7 Å². The number of nitrogens with two attached hydrogens (primary N) is 1. The second-order valence-electron chi connectivity index (χ2n) is 5.94. The molecule has 2 N–H and O–H groups in total. The molecule has 1 aromatic carbocycles. The van der Waals surface area contributed by atoms with Crippen LogP contribution in [0.3, 0.4) is 0 Å². The summed E-state index contributed by atoms with van der Waals surface area (Å²) in [5.74, 6) is -1.07. The van der Waals surface area contributed by atoms with E-state index in [9.17, 15) is 18.0 Å². The monoisotopic (exact) mass is 354 g/mol. The van der Waals surface area contributed by atoms with Crippen LogP contribution in [0.2, 0.25) is 0 Å². The summed E-state index contributed by atoms with van der Waals surface area (Å²) in [6, 6.07) is 6.52. The molecule has 0 aromatic heterocycles. The number of anilines is 1. The highest BCUT2D eigenvalue weighted by Gasteiger charge is 2.32. The standard InChI is InChI=1S/C16H22N2O5S/c1-2-3-8-23-16(20)13-4-6-14(7-5-13)18-10-12(9-15(18)19)11-24(17,21)22/h4-7,12H,2-3,8-11H2,1H3,(H2,17,21,22). The van der Waals surface area contributed by atoms with Gasteiger partial charge in [-0.15, -0.1) is 0 Å². The average molecular weight is 354 g/mol. The Labute approximate surface area is 141 Å². The fourth-order valence-corrected chi connectivity index (χ4v) is 3.52. The van der Waals surface area contributed by atoms with Crippen LogP contribution in [-0.4, -0.2) is 39.2 Å². The second-order valence-corrected chi connectivity index (χ2v) is 7.60. The Kier molecular flexibility index (Phi) is 5.95. The number of unbranched alkanes of at least 4 members (excludes halogenated alkanes) is 1. The first kappa shape index (κ1) is 18.4.